The Balaban J connectivity index is 2.00. The van der Waals surface area contributed by atoms with Crippen molar-refractivity contribution in [3.05, 3.63) is 63.8 Å². The summed E-state index contributed by atoms with van der Waals surface area (Å²) in [7, 11) is 0. The van der Waals surface area contributed by atoms with Gasteiger partial charge in [-0.2, -0.15) is 0 Å². The molecule has 18 heavy (non-hydrogen) atoms. The number of aromatic nitrogens is 3. The van der Waals surface area contributed by atoms with Crippen LogP contribution >= 0.6 is 11.3 Å². The molecule has 3 heterocycles. The number of rotatable bonds is 2. The van der Waals surface area contributed by atoms with E-state index >= 15 is 0 Å². The van der Waals surface area contributed by atoms with Gasteiger partial charge in [0.2, 0.25) is 0 Å². The van der Waals surface area contributed by atoms with E-state index in [-0.39, 0.29) is 5.56 Å². The zero-order chi connectivity index (χ0) is 12.4. The minimum atomic E-state index is -0.0629. The lowest BCUT2D eigenvalue weighted by Crippen LogP contribution is -2.11. The van der Waals surface area contributed by atoms with Crippen LogP contribution in [0.3, 0.4) is 0 Å². The smallest absolute Gasteiger partial charge is 0.259 e. The van der Waals surface area contributed by atoms with Crippen LogP contribution in [-0.2, 0) is 0 Å². The first-order valence-electron chi connectivity index (χ1n) is 5.38. The molecule has 0 aliphatic rings. The number of thiazole rings is 1. The van der Waals surface area contributed by atoms with Gasteiger partial charge in [0, 0.05) is 30.0 Å². The van der Waals surface area contributed by atoms with E-state index in [0.29, 0.717) is 10.7 Å². The standard InChI is InChI=1S/C13H9N3OS/c17-12-8-11(15-13-16(12)6-7-18-13)4-3-10-2-1-5-14-9-10/h1-9H. The zero-order valence-electron chi connectivity index (χ0n) is 9.35. The molecule has 3 rings (SSSR count). The molecule has 0 spiro atoms. The Hall–Kier alpha value is -2.27. The third-order valence-electron chi connectivity index (χ3n) is 2.45. The van der Waals surface area contributed by atoms with Gasteiger partial charge in [-0.3, -0.25) is 14.2 Å². The lowest BCUT2D eigenvalue weighted by atomic mass is 10.2. The van der Waals surface area contributed by atoms with Gasteiger partial charge >= 0.3 is 0 Å². The number of hydrogen-bond acceptors (Lipinski definition) is 4. The first-order valence-corrected chi connectivity index (χ1v) is 6.26. The Morgan fingerprint density at radius 1 is 1.33 bits per heavy atom. The van der Waals surface area contributed by atoms with Crippen molar-refractivity contribution in [1.29, 1.82) is 0 Å². The zero-order valence-corrected chi connectivity index (χ0v) is 10.2. The molecule has 0 aliphatic carbocycles. The summed E-state index contributed by atoms with van der Waals surface area (Å²) in [6.07, 6.45) is 8.91. The van der Waals surface area contributed by atoms with E-state index in [0.717, 1.165) is 5.56 Å². The van der Waals surface area contributed by atoms with Crippen LogP contribution in [0, 0.1) is 0 Å². The van der Waals surface area contributed by atoms with E-state index in [1.807, 2.05) is 29.7 Å². The molecule has 3 aromatic rings. The summed E-state index contributed by atoms with van der Waals surface area (Å²) in [5.41, 5.74) is 1.57. The fraction of sp³-hybridized carbons (Fsp3) is 0. The summed E-state index contributed by atoms with van der Waals surface area (Å²) in [6, 6.07) is 5.33. The predicted octanol–water partition coefficient (Wildman–Crippen LogP) is 2.32. The second-order valence-corrected chi connectivity index (χ2v) is 4.57. The molecule has 0 radical (unpaired) electrons. The van der Waals surface area contributed by atoms with Crippen molar-refractivity contribution in [1.82, 2.24) is 14.4 Å². The molecular weight excluding hydrogens is 246 g/mol. The van der Waals surface area contributed by atoms with Crippen molar-refractivity contribution in [2.45, 2.75) is 0 Å². The van der Waals surface area contributed by atoms with E-state index in [4.69, 9.17) is 0 Å². The van der Waals surface area contributed by atoms with Crippen LogP contribution in [0.4, 0.5) is 0 Å². The van der Waals surface area contributed by atoms with E-state index in [1.165, 1.54) is 21.8 Å². The highest BCUT2D eigenvalue weighted by atomic mass is 32.1. The molecule has 88 valence electrons. The minimum absolute atomic E-state index is 0.0629. The van der Waals surface area contributed by atoms with Crippen molar-refractivity contribution < 1.29 is 0 Å². The molecule has 0 aliphatic heterocycles. The predicted molar refractivity (Wildman–Crippen MR) is 72.5 cm³/mol. The Kier molecular flexibility index (Phi) is 2.74. The maximum absolute atomic E-state index is 11.8. The molecule has 0 bridgehead atoms. The van der Waals surface area contributed by atoms with E-state index in [2.05, 4.69) is 9.97 Å². The van der Waals surface area contributed by atoms with E-state index in [9.17, 15) is 4.79 Å². The van der Waals surface area contributed by atoms with Crippen LogP contribution in [0.25, 0.3) is 17.1 Å². The summed E-state index contributed by atoms with van der Waals surface area (Å²) >= 11 is 1.44. The molecule has 0 saturated carbocycles. The van der Waals surface area contributed by atoms with Crippen molar-refractivity contribution in [2.24, 2.45) is 0 Å². The van der Waals surface area contributed by atoms with Gasteiger partial charge in [0.15, 0.2) is 4.96 Å². The van der Waals surface area contributed by atoms with Gasteiger partial charge in [-0.05, 0) is 17.7 Å². The highest BCUT2D eigenvalue weighted by Crippen LogP contribution is 2.09. The second-order valence-electron chi connectivity index (χ2n) is 3.69. The summed E-state index contributed by atoms with van der Waals surface area (Å²) in [5.74, 6) is 0. The highest BCUT2D eigenvalue weighted by molar-refractivity contribution is 7.15. The second kappa shape index (κ2) is 4.54. The lowest BCUT2D eigenvalue weighted by Gasteiger charge is -1.95. The molecule has 0 unspecified atom stereocenters. The number of hydrogen-bond donors (Lipinski definition) is 0. The normalized spacial score (nSPS) is 11.3. The van der Waals surface area contributed by atoms with Crippen molar-refractivity contribution in [3.8, 4) is 0 Å². The molecule has 0 atom stereocenters. The average Bonchev–Trinajstić information content (AvgIpc) is 2.86. The summed E-state index contributed by atoms with van der Waals surface area (Å²) in [4.78, 5) is 20.9. The summed E-state index contributed by atoms with van der Waals surface area (Å²) < 4.78 is 1.53. The Morgan fingerprint density at radius 3 is 3.11 bits per heavy atom. The minimum Gasteiger partial charge on any atom is -0.269 e. The SMILES string of the molecule is O=c1cc(C=Cc2cccnc2)nc2sccn12. The first kappa shape index (κ1) is 10.9. The fourth-order valence-electron chi connectivity index (χ4n) is 1.60. The summed E-state index contributed by atoms with van der Waals surface area (Å²) in [6.45, 7) is 0. The topological polar surface area (TPSA) is 47.3 Å². The molecule has 0 amide bonds. The van der Waals surface area contributed by atoms with E-state index < -0.39 is 0 Å². The van der Waals surface area contributed by atoms with Crippen LogP contribution in [0.2, 0.25) is 0 Å². The largest absolute Gasteiger partial charge is 0.269 e. The monoisotopic (exact) mass is 255 g/mol. The molecule has 0 saturated heterocycles. The van der Waals surface area contributed by atoms with Gasteiger partial charge in [0.25, 0.3) is 5.56 Å². The molecule has 0 aromatic carbocycles. The first-order chi connectivity index (χ1) is 8.83. The molecule has 0 fully saturated rings. The maximum atomic E-state index is 11.8. The maximum Gasteiger partial charge on any atom is 0.259 e. The average molecular weight is 255 g/mol. The van der Waals surface area contributed by atoms with Gasteiger partial charge in [-0.25, -0.2) is 4.98 Å². The molecular formula is C13H9N3OS. The number of nitrogens with zero attached hydrogens (tertiary/aromatic N) is 3. The highest BCUT2D eigenvalue weighted by Gasteiger charge is 2.00. The lowest BCUT2D eigenvalue weighted by molar-refractivity contribution is 1.07. The van der Waals surface area contributed by atoms with Gasteiger partial charge in [-0.15, -0.1) is 11.3 Å². The fourth-order valence-corrected chi connectivity index (χ4v) is 2.33. The van der Waals surface area contributed by atoms with Gasteiger partial charge in [0.1, 0.15) is 0 Å². The van der Waals surface area contributed by atoms with Crippen molar-refractivity contribution >= 4 is 28.4 Å². The Labute approximate surface area is 107 Å². The quantitative estimate of drug-likeness (QED) is 0.706. The van der Waals surface area contributed by atoms with Crippen LogP contribution in [-0.4, -0.2) is 14.4 Å². The van der Waals surface area contributed by atoms with Crippen LogP contribution < -0.4 is 5.56 Å². The van der Waals surface area contributed by atoms with E-state index in [1.54, 1.807) is 18.6 Å². The van der Waals surface area contributed by atoms with Gasteiger partial charge < -0.3 is 0 Å². The molecule has 0 N–H and O–H groups in total. The van der Waals surface area contributed by atoms with Crippen LogP contribution in [0.15, 0.2) is 47.0 Å². The molecule has 3 aromatic heterocycles. The van der Waals surface area contributed by atoms with Gasteiger partial charge in [-0.1, -0.05) is 12.1 Å². The van der Waals surface area contributed by atoms with Gasteiger partial charge in [0.05, 0.1) is 5.69 Å². The molecule has 5 heteroatoms. The Bertz CT molecular complexity index is 759. The van der Waals surface area contributed by atoms with Crippen LogP contribution in [0.1, 0.15) is 11.3 Å². The van der Waals surface area contributed by atoms with Crippen molar-refractivity contribution in [3.63, 3.8) is 0 Å². The number of pyridine rings is 1. The van der Waals surface area contributed by atoms with Crippen molar-refractivity contribution in [2.75, 3.05) is 0 Å². The molecule has 4 nitrogen and oxygen atoms in total. The third kappa shape index (κ3) is 2.08. The number of fused-ring (bicyclic) bond motifs is 1. The third-order valence-corrected chi connectivity index (χ3v) is 3.21. The Morgan fingerprint density at radius 2 is 2.28 bits per heavy atom. The van der Waals surface area contributed by atoms with Crippen LogP contribution in [0.5, 0.6) is 0 Å². The summed E-state index contributed by atoms with van der Waals surface area (Å²) in [5, 5.41) is 1.85.